The van der Waals surface area contributed by atoms with Crippen LogP contribution in [0.3, 0.4) is 0 Å². The molecule has 0 fully saturated rings. The van der Waals surface area contributed by atoms with Crippen LogP contribution in [0.5, 0.6) is 5.75 Å². The Balaban J connectivity index is 2.07. The molecule has 0 aliphatic heterocycles. The number of hydrogen-bond acceptors (Lipinski definition) is 4. The average molecular weight is 298 g/mol. The summed E-state index contributed by atoms with van der Waals surface area (Å²) in [6, 6.07) is 12.0. The van der Waals surface area contributed by atoms with E-state index in [1.54, 1.807) is 36.4 Å². The third-order valence-electron chi connectivity index (χ3n) is 3.16. The Morgan fingerprint density at radius 3 is 2.64 bits per heavy atom. The Morgan fingerprint density at radius 1 is 1.18 bits per heavy atom. The summed E-state index contributed by atoms with van der Waals surface area (Å²) in [5.41, 5.74) is 8.08. The second-order valence-electron chi connectivity index (χ2n) is 4.98. The Bertz CT molecular complexity index is 711. The Hall–Kier alpha value is -2.82. The minimum atomic E-state index is -0.392. The van der Waals surface area contributed by atoms with Gasteiger partial charge in [-0.3, -0.25) is 9.59 Å². The molecule has 3 N–H and O–H groups in total. The molecule has 0 spiro atoms. The summed E-state index contributed by atoms with van der Waals surface area (Å²) in [5.74, 6) is -0.122. The molecule has 0 unspecified atom stereocenters. The number of nitrogen functional groups attached to an aromatic ring is 1. The molecular weight excluding hydrogens is 280 g/mol. The fraction of sp³-hybridized carbons (Fsp3) is 0.176. The van der Waals surface area contributed by atoms with Crippen molar-refractivity contribution in [1.29, 1.82) is 0 Å². The summed E-state index contributed by atoms with van der Waals surface area (Å²) in [6.45, 7) is 1.91. The molecular formula is C17H18N2O3. The molecule has 5 nitrogen and oxygen atoms in total. The number of Topliss-reactive ketones (excluding diaryl/α,β-unsaturated/α-hetero) is 1. The molecule has 0 heterocycles. The van der Waals surface area contributed by atoms with Crippen molar-refractivity contribution in [3.63, 3.8) is 0 Å². The molecule has 0 radical (unpaired) electrons. The largest absolute Gasteiger partial charge is 0.495 e. The van der Waals surface area contributed by atoms with Crippen LogP contribution in [-0.2, 0) is 4.79 Å². The zero-order valence-electron chi connectivity index (χ0n) is 12.6. The number of aryl methyl sites for hydroxylation is 1. The molecule has 5 heteroatoms. The number of carbonyl (C=O) groups excluding carboxylic acids is 2. The van der Waals surface area contributed by atoms with E-state index in [1.807, 2.05) is 13.0 Å². The van der Waals surface area contributed by atoms with Gasteiger partial charge in [0.05, 0.1) is 19.2 Å². The number of amides is 1. The first-order chi connectivity index (χ1) is 10.5. The van der Waals surface area contributed by atoms with Crippen molar-refractivity contribution in [2.45, 2.75) is 13.3 Å². The van der Waals surface area contributed by atoms with Gasteiger partial charge in [-0.05, 0) is 36.8 Å². The summed E-state index contributed by atoms with van der Waals surface area (Å²) in [7, 11) is 1.53. The van der Waals surface area contributed by atoms with E-state index in [0.29, 0.717) is 22.7 Å². The van der Waals surface area contributed by atoms with Crippen molar-refractivity contribution in [3.05, 3.63) is 53.6 Å². The Morgan fingerprint density at radius 2 is 1.95 bits per heavy atom. The smallest absolute Gasteiger partial charge is 0.232 e. The molecule has 0 aromatic heterocycles. The van der Waals surface area contributed by atoms with Gasteiger partial charge < -0.3 is 15.8 Å². The van der Waals surface area contributed by atoms with Crippen LogP contribution in [-0.4, -0.2) is 18.8 Å². The van der Waals surface area contributed by atoms with Crippen molar-refractivity contribution in [2.24, 2.45) is 0 Å². The first-order valence-electron chi connectivity index (χ1n) is 6.83. The van der Waals surface area contributed by atoms with Gasteiger partial charge >= 0.3 is 0 Å². The predicted octanol–water partition coefficient (Wildman–Crippen LogP) is 2.80. The molecule has 114 valence electrons. The quantitative estimate of drug-likeness (QED) is 0.505. The number of anilines is 2. The standard InChI is InChI=1S/C17H18N2O3/c1-11-6-7-16(22-2)14(8-11)19-17(21)10-15(20)12-4-3-5-13(18)9-12/h3-9H,10,18H2,1-2H3,(H,19,21). The first-order valence-corrected chi connectivity index (χ1v) is 6.83. The Labute approximate surface area is 129 Å². The number of nitrogens with two attached hydrogens (primary N) is 1. The summed E-state index contributed by atoms with van der Waals surface area (Å²) in [5, 5.41) is 2.70. The van der Waals surface area contributed by atoms with Gasteiger partial charge in [0.2, 0.25) is 5.91 Å². The van der Waals surface area contributed by atoms with Gasteiger partial charge in [0.1, 0.15) is 5.75 Å². The van der Waals surface area contributed by atoms with Crippen LogP contribution in [0.25, 0.3) is 0 Å². The van der Waals surface area contributed by atoms with Gasteiger partial charge in [0.15, 0.2) is 5.78 Å². The highest BCUT2D eigenvalue weighted by Gasteiger charge is 2.14. The molecule has 0 saturated heterocycles. The maximum atomic E-state index is 12.1. The number of benzene rings is 2. The van der Waals surface area contributed by atoms with Crippen LogP contribution in [0.2, 0.25) is 0 Å². The second kappa shape index (κ2) is 6.76. The molecule has 0 saturated carbocycles. The summed E-state index contributed by atoms with van der Waals surface area (Å²) < 4.78 is 5.19. The van der Waals surface area contributed by atoms with Gasteiger partial charge in [0, 0.05) is 11.3 Å². The van der Waals surface area contributed by atoms with E-state index in [4.69, 9.17) is 10.5 Å². The third kappa shape index (κ3) is 3.85. The zero-order valence-corrected chi connectivity index (χ0v) is 12.6. The lowest BCUT2D eigenvalue weighted by Gasteiger charge is -2.11. The minimum absolute atomic E-state index is 0.249. The maximum absolute atomic E-state index is 12.1. The molecule has 2 rings (SSSR count). The van der Waals surface area contributed by atoms with Crippen molar-refractivity contribution >= 4 is 23.1 Å². The zero-order chi connectivity index (χ0) is 16.1. The summed E-state index contributed by atoms with van der Waals surface area (Å²) in [4.78, 5) is 24.1. The summed E-state index contributed by atoms with van der Waals surface area (Å²) >= 11 is 0. The van der Waals surface area contributed by atoms with Gasteiger partial charge in [-0.2, -0.15) is 0 Å². The lowest BCUT2D eigenvalue weighted by atomic mass is 10.1. The van der Waals surface area contributed by atoms with E-state index in [2.05, 4.69) is 5.32 Å². The highest BCUT2D eigenvalue weighted by Crippen LogP contribution is 2.25. The third-order valence-corrected chi connectivity index (χ3v) is 3.16. The van der Waals surface area contributed by atoms with E-state index < -0.39 is 5.91 Å². The number of methoxy groups -OCH3 is 1. The van der Waals surface area contributed by atoms with Crippen molar-refractivity contribution in [1.82, 2.24) is 0 Å². The van der Waals surface area contributed by atoms with E-state index >= 15 is 0 Å². The van der Waals surface area contributed by atoms with Gasteiger partial charge in [-0.15, -0.1) is 0 Å². The van der Waals surface area contributed by atoms with Crippen LogP contribution in [0.1, 0.15) is 22.3 Å². The maximum Gasteiger partial charge on any atom is 0.232 e. The van der Waals surface area contributed by atoms with Crippen molar-refractivity contribution < 1.29 is 14.3 Å². The van der Waals surface area contributed by atoms with E-state index in [0.717, 1.165) is 5.56 Å². The first kappa shape index (κ1) is 15.6. The lowest BCUT2D eigenvalue weighted by molar-refractivity contribution is -0.115. The second-order valence-corrected chi connectivity index (χ2v) is 4.98. The fourth-order valence-electron chi connectivity index (χ4n) is 2.07. The number of nitrogens with one attached hydrogen (secondary N) is 1. The number of carbonyl (C=O) groups is 2. The van der Waals surface area contributed by atoms with E-state index in [-0.39, 0.29) is 12.2 Å². The molecule has 1 amide bonds. The lowest BCUT2D eigenvalue weighted by Crippen LogP contribution is -2.17. The molecule has 0 bridgehead atoms. The number of hydrogen-bond donors (Lipinski definition) is 2. The summed E-state index contributed by atoms with van der Waals surface area (Å²) in [6.07, 6.45) is -0.249. The van der Waals surface area contributed by atoms with Crippen molar-refractivity contribution in [2.75, 3.05) is 18.2 Å². The topological polar surface area (TPSA) is 81.4 Å². The SMILES string of the molecule is COc1ccc(C)cc1NC(=O)CC(=O)c1cccc(N)c1. The monoisotopic (exact) mass is 298 g/mol. The predicted molar refractivity (Wildman–Crippen MR) is 86.2 cm³/mol. The van der Waals surface area contributed by atoms with E-state index in [1.165, 1.54) is 7.11 Å². The highest BCUT2D eigenvalue weighted by molar-refractivity contribution is 6.11. The number of ether oxygens (including phenoxy) is 1. The molecule has 0 aliphatic rings. The van der Waals surface area contributed by atoms with Crippen LogP contribution < -0.4 is 15.8 Å². The van der Waals surface area contributed by atoms with E-state index in [9.17, 15) is 9.59 Å². The van der Waals surface area contributed by atoms with Gasteiger partial charge in [0.25, 0.3) is 0 Å². The minimum Gasteiger partial charge on any atom is -0.495 e. The molecule has 0 aliphatic carbocycles. The number of ketones is 1. The normalized spacial score (nSPS) is 10.1. The number of rotatable bonds is 5. The molecule has 0 atom stereocenters. The molecule has 2 aromatic carbocycles. The van der Waals surface area contributed by atoms with Crippen LogP contribution >= 0.6 is 0 Å². The van der Waals surface area contributed by atoms with Crippen LogP contribution in [0.4, 0.5) is 11.4 Å². The van der Waals surface area contributed by atoms with Crippen LogP contribution in [0.15, 0.2) is 42.5 Å². The average Bonchev–Trinajstić information content (AvgIpc) is 2.47. The van der Waals surface area contributed by atoms with Crippen molar-refractivity contribution in [3.8, 4) is 5.75 Å². The van der Waals surface area contributed by atoms with Crippen LogP contribution in [0, 0.1) is 6.92 Å². The van der Waals surface area contributed by atoms with Gasteiger partial charge in [-0.1, -0.05) is 18.2 Å². The molecule has 22 heavy (non-hydrogen) atoms. The van der Waals surface area contributed by atoms with Gasteiger partial charge in [-0.25, -0.2) is 0 Å². The highest BCUT2D eigenvalue weighted by atomic mass is 16.5. The Kier molecular flexibility index (Phi) is 4.78. The molecule has 2 aromatic rings. The fourth-order valence-corrected chi connectivity index (χ4v) is 2.07.